The molecule has 2 aliphatic heterocycles. The lowest BCUT2D eigenvalue weighted by atomic mass is 9.83. The molecule has 1 amide bonds. The lowest BCUT2D eigenvalue weighted by Gasteiger charge is -2.29. The molecule has 0 aromatic heterocycles. The number of fused-ring (bicyclic) bond motifs is 1. The molecule has 0 spiro atoms. The van der Waals surface area contributed by atoms with E-state index < -0.39 is 0 Å². The lowest BCUT2D eigenvalue weighted by Crippen LogP contribution is -2.34. The summed E-state index contributed by atoms with van der Waals surface area (Å²) in [5.41, 5.74) is 2.86. The van der Waals surface area contributed by atoms with Crippen molar-refractivity contribution in [1.29, 1.82) is 0 Å². The maximum absolute atomic E-state index is 13.2. The Balaban J connectivity index is 1.54. The largest absolute Gasteiger partial charge is 0.466 e. The van der Waals surface area contributed by atoms with Gasteiger partial charge in [0.2, 0.25) is 0 Å². The lowest BCUT2D eigenvalue weighted by molar-refractivity contribution is 0.0736. The van der Waals surface area contributed by atoms with E-state index in [1.807, 2.05) is 30.1 Å². The van der Waals surface area contributed by atoms with Crippen LogP contribution in [0.3, 0.4) is 0 Å². The van der Waals surface area contributed by atoms with Gasteiger partial charge in [-0.2, -0.15) is 0 Å². The fourth-order valence-corrected chi connectivity index (χ4v) is 4.20. The van der Waals surface area contributed by atoms with Crippen LogP contribution >= 0.6 is 0 Å². The van der Waals surface area contributed by atoms with Crippen molar-refractivity contribution < 1.29 is 9.53 Å². The first-order chi connectivity index (χ1) is 13.7. The number of hydrogen-bond acceptors (Lipinski definition) is 3. The average Bonchev–Trinajstić information content (AvgIpc) is 3.17. The van der Waals surface area contributed by atoms with Crippen LogP contribution in [0.15, 0.2) is 54.6 Å². The molecule has 1 saturated carbocycles. The molecule has 0 radical (unpaired) electrons. The van der Waals surface area contributed by atoms with Crippen molar-refractivity contribution in [3.05, 3.63) is 65.8 Å². The van der Waals surface area contributed by atoms with Crippen LogP contribution in [0, 0.1) is 5.92 Å². The highest BCUT2D eigenvalue weighted by Crippen LogP contribution is 2.34. The summed E-state index contributed by atoms with van der Waals surface area (Å²) < 4.78 is 5.78. The van der Waals surface area contributed by atoms with Crippen LogP contribution in [0.2, 0.25) is 0 Å². The number of allylic oxidation sites excluding steroid dienone is 2. The molecule has 1 aromatic rings. The van der Waals surface area contributed by atoms with Gasteiger partial charge in [0, 0.05) is 37.5 Å². The van der Waals surface area contributed by atoms with Crippen molar-refractivity contribution in [1.82, 2.24) is 9.80 Å². The zero-order valence-corrected chi connectivity index (χ0v) is 16.9. The first-order valence-corrected chi connectivity index (χ1v) is 10.5. The Morgan fingerprint density at radius 1 is 1.29 bits per heavy atom. The highest BCUT2D eigenvalue weighted by atomic mass is 16.5. The number of amides is 1. The Kier molecular flexibility index (Phi) is 5.56. The number of nitrogens with zero attached hydrogens (tertiary/aromatic N) is 2. The number of benzene rings is 1. The Hall–Kier alpha value is -2.49. The Labute approximate surface area is 168 Å². The summed E-state index contributed by atoms with van der Waals surface area (Å²) in [5, 5.41) is 0. The number of carbonyl (C=O) groups is 1. The van der Waals surface area contributed by atoms with E-state index in [2.05, 4.69) is 36.2 Å². The van der Waals surface area contributed by atoms with E-state index in [9.17, 15) is 4.79 Å². The number of carbonyl (C=O) groups excluding carboxylic acids is 1. The second-order valence-electron chi connectivity index (χ2n) is 8.11. The minimum absolute atomic E-state index is 0.137. The topological polar surface area (TPSA) is 32.8 Å². The van der Waals surface area contributed by atoms with E-state index in [1.54, 1.807) is 6.26 Å². The molecule has 1 atom stereocenters. The van der Waals surface area contributed by atoms with Crippen molar-refractivity contribution in [3.63, 3.8) is 0 Å². The average molecular weight is 379 g/mol. The minimum Gasteiger partial charge on any atom is -0.466 e. The summed E-state index contributed by atoms with van der Waals surface area (Å²) >= 11 is 0. The zero-order valence-electron chi connectivity index (χ0n) is 16.9. The van der Waals surface area contributed by atoms with E-state index in [-0.39, 0.29) is 11.9 Å². The molecule has 3 aliphatic rings. The van der Waals surface area contributed by atoms with Crippen LogP contribution < -0.4 is 0 Å². The second kappa shape index (κ2) is 8.26. The van der Waals surface area contributed by atoms with Gasteiger partial charge in [-0.1, -0.05) is 38.3 Å². The standard InChI is InChI=1S/C24H30N2O2/c1-3-13-26(15-10-18-6-4-7-18)24(27)20-9-5-8-19(17-20)21-11-14-25(2)22-12-16-28-23(21)22/h5,8-9,11-12,14,16-18,22H,3-4,6-7,10,13,15H2,1-2H3. The van der Waals surface area contributed by atoms with Gasteiger partial charge in [0.1, 0.15) is 11.8 Å². The molecule has 4 rings (SSSR count). The summed E-state index contributed by atoms with van der Waals surface area (Å²) in [4.78, 5) is 17.4. The summed E-state index contributed by atoms with van der Waals surface area (Å²) in [6.07, 6.45) is 14.1. The monoisotopic (exact) mass is 378 g/mol. The highest BCUT2D eigenvalue weighted by molar-refractivity contribution is 5.95. The summed E-state index contributed by atoms with van der Waals surface area (Å²) in [6.45, 7) is 3.83. The maximum atomic E-state index is 13.2. The predicted octanol–water partition coefficient (Wildman–Crippen LogP) is 4.81. The van der Waals surface area contributed by atoms with Crippen molar-refractivity contribution in [2.24, 2.45) is 5.92 Å². The molecule has 28 heavy (non-hydrogen) atoms. The van der Waals surface area contributed by atoms with Gasteiger partial charge in [-0.05, 0) is 48.6 Å². The normalized spacial score (nSPS) is 20.8. The van der Waals surface area contributed by atoms with Crippen molar-refractivity contribution >= 4 is 11.5 Å². The fourth-order valence-electron chi connectivity index (χ4n) is 4.20. The van der Waals surface area contributed by atoms with Gasteiger partial charge < -0.3 is 14.5 Å². The van der Waals surface area contributed by atoms with E-state index in [1.165, 1.54) is 19.3 Å². The van der Waals surface area contributed by atoms with Crippen LogP contribution in [-0.2, 0) is 4.74 Å². The molecule has 1 aromatic carbocycles. The zero-order chi connectivity index (χ0) is 19.5. The van der Waals surface area contributed by atoms with E-state index in [4.69, 9.17) is 4.74 Å². The van der Waals surface area contributed by atoms with E-state index in [0.717, 1.165) is 54.3 Å². The molecular formula is C24H30N2O2. The van der Waals surface area contributed by atoms with Gasteiger partial charge in [-0.3, -0.25) is 4.79 Å². The van der Waals surface area contributed by atoms with Gasteiger partial charge >= 0.3 is 0 Å². The van der Waals surface area contributed by atoms with Crippen molar-refractivity contribution in [3.8, 4) is 0 Å². The van der Waals surface area contributed by atoms with Gasteiger partial charge in [0.25, 0.3) is 5.91 Å². The van der Waals surface area contributed by atoms with Gasteiger partial charge in [-0.25, -0.2) is 0 Å². The van der Waals surface area contributed by atoms with Crippen LogP contribution in [0.5, 0.6) is 0 Å². The number of likely N-dealkylation sites (N-methyl/N-ethyl adjacent to an activating group) is 1. The van der Waals surface area contributed by atoms with E-state index >= 15 is 0 Å². The van der Waals surface area contributed by atoms with Crippen LogP contribution in [0.1, 0.15) is 54.9 Å². The molecule has 4 heteroatoms. The summed E-state index contributed by atoms with van der Waals surface area (Å²) in [5.74, 6) is 1.90. The van der Waals surface area contributed by atoms with Gasteiger partial charge in [0.05, 0.1) is 6.26 Å². The summed E-state index contributed by atoms with van der Waals surface area (Å²) in [6, 6.07) is 8.14. The van der Waals surface area contributed by atoms with Crippen molar-refractivity contribution in [2.75, 3.05) is 20.1 Å². The Bertz CT molecular complexity index is 820. The first kappa shape index (κ1) is 18.9. The minimum atomic E-state index is 0.137. The molecule has 2 heterocycles. The molecule has 4 nitrogen and oxygen atoms in total. The van der Waals surface area contributed by atoms with Gasteiger partial charge in [-0.15, -0.1) is 0 Å². The molecule has 148 valence electrons. The number of rotatable bonds is 7. The molecule has 0 saturated heterocycles. The third-order valence-corrected chi connectivity index (χ3v) is 6.14. The third kappa shape index (κ3) is 3.73. The molecule has 1 aliphatic carbocycles. The summed E-state index contributed by atoms with van der Waals surface area (Å²) in [7, 11) is 2.04. The number of ether oxygens (including phenoxy) is 1. The predicted molar refractivity (Wildman–Crippen MR) is 112 cm³/mol. The number of hydrogen-bond donors (Lipinski definition) is 0. The van der Waals surface area contributed by atoms with E-state index in [0.29, 0.717) is 0 Å². The molecule has 1 fully saturated rings. The first-order valence-electron chi connectivity index (χ1n) is 10.5. The van der Waals surface area contributed by atoms with Crippen LogP contribution in [0.25, 0.3) is 5.57 Å². The Morgan fingerprint density at radius 3 is 2.89 bits per heavy atom. The van der Waals surface area contributed by atoms with Crippen molar-refractivity contribution in [2.45, 2.75) is 45.1 Å². The molecule has 1 unspecified atom stereocenters. The van der Waals surface area contributed by atoms with Crippen LogP contribution in [-0.4, -0.2) is 41.9 Å². The molecule has 0 bridgehead atoms. The highest BCUT2D eigenvalue weighted by Gasteiger charge is 2.28. The third-order valence-electron chi connectivity index (χ3n) is 6.14. The maximum Gasteiger partial charge on any atom is 0.253 e. The van der Waals surface area contributed by atoms with Gasteiger partial charge in [0.15, 0.2) is 0 Å². The molecular weight excluding hydrogens is 348 g/mol. The molecule has 0 N–H and O–H groups in total. The second-order valence-corrected chi connectivity index (χ2v) is 8.11. The smallest absolute Gasteiger partial charge is 0.253 e. The fraction of sp³-hybridized carbons (Fsp3) is 0.458. The Morgan fingerprint density at radius 2 is 2.14 bits per heavy atom. The quantitative estimate of drug-likeness (QED) is 0.682. The van der Waals surface area contributed by atoms with Crippen LogP contribution in [0.4, 0.5) is 0 Å². The SMILES string of the molecule is CCCN(CCC1CCC1)C(=O)c1cccc(C2=C3OC=CC3N(C)C=C2)c1.